The van der Waals surface area contributed by atoms with Crippen LogP contribution in [0.5, 0.6) is 0 Å². The average molecular weight is 399 g/mol. The van der Waals surface area contributed by atoms with Crippen LogP contribution < -0.4 is 0 Å². The first-order valence-corrected chi connectivity index (χ1v) is 8.10. The Kier molecular flexibility index (Phi) is 4.35. The number of halogens is 1. The van der Waals surface area contributed by atoms with Crippen LogP contribution >= 0.6 is 15.9 Å². The number of rotatable bonds is 2. The van der Waals surface area contributed by atoms with Gasteiger partial charge in [0.1, 0.15) is 12.1 Å². The third kappa shape index (κ3) is 3.03. The SMILES string of the molecule is O=C(O)[C@@H]1C[C@@H](OC(=O)N2Cc3cccc(Br)c3C2)CN1C(=O)O. The normalized spacial score (nSPS) is 22.4. The molecule has 0 unspecified atom stereocenters. The molecule has 0 bridgehead atoms. The van der Waals surface area contributed by atoms with Gasteiger partial charge in [0.25, 0.3) is 0 Å². The van der Waals surface area contributed by atoms with E-state index in [1.165, 1.54) is 4.90 Å². The van der Waals surface area contributed by atoms with Gasteiger partial charge >= 0.3 is 18.2 Å². The maximum Gasteiger partial charge on any atom is 0.410 e. The Balaban J connectivity index is 1.64. The fourth-order valence-electron chi connectivity index (χ4n) is 3.06. The van der Waals surface area contributed by atoms with Crippen molar-refractivity contribution in [2.45, 2.75) is 31.7 Å². The molecule has 2 N–H and O–H groups in total. The Morgan fingerprint density at radius 1 is 1.21 bits per heavy atom. The number of likely N-dealkylation sites (tertiary alicyclic amines) is 1. The lowest BCUT2D eigenvalue weighted by Crippen LogP contribution is -2.39. The zero-order valence-corrected chi connectivity index (χ0v) is 14.1. The van der Waals surface area contributed by atoms with Crippen molar-refractivity contribution in [3.63, 3.8) is 0 Å². The molecule has 0 spiro atoms. The van der Waals surface area contributed by atoms with Gasteiger partial charge in [-0.15, -0.1) is 0 Å². The van der Waals surface area contributed by atoms with Crippen molar-refractivity contribution in [2.75, 3.05) is 6.54 Å². The third-order valence-electron chi connectivity index (χ3n) is 4.25. The molecule has 3 rings (SSSR count). The lowest BCUT2D eigenvalue weighted by atomic mass is 10.1. The number of carbonyl (C=O) groups is 3. The smallest absolute Gasteiger partial charge is 0.410 e. The molecule has 24 heavy (non-hydrogen) atoms. The Morgan fingerprint density at radius 3 is 2.54 bits per heavy atom. The maximum atomic E-state index is 12.3. The molecule has 0 aliphatic carbocycles. The van der Waals surface area contributed by atoms with Crippen LogP contribution in [0.4, 0.5) is 9.59 Å². The molecule has 1 aromatic rings. The molecule has 2 atom stereocenters. The van der Waals surface area contributed by atoms with Crippen LogP contribution in [-0.4, -0.2) is 56.9 Å². The molecule has 9 heteroatoms. The first kappa shape index (κ1) is 16.6. The summed E-state index contributed by atoms with van der Waals surface area (Å²) in [4.78, 5) is 36.8. The van der Waals surface area contributed by atoms with Gasteiger partial charge in [0.2, 0.25) is 0 Å². The summed E-state index contributed by atoms with van der Waals surface area (Å²) in [7, 11) is 0. The minimum atomic E-state index is -1.33. The standard InChI is InChI=1S/C15H15BrN2O6/c16-11-3-1-2-8-5-17(7-10(8)11)15(23)24-9-4-12(13(19)20)18(6-9)14(21)22/h1-3,9,12H,4-7H2,(H,19,20)(H,21,22)/t9-,12+/m1/s1. The van der Waals surface area contributed by atoms with Gasteiger partial charge in [-0.1, -0.05) is 28.1 Å². The van der Waals surface area contributed by atoms with Crippen LogP contribution in [0.25, 0.3) is 0 Å². The molecule has 0 radical (unpaired) electrons. The van der Waals surface area contributed by atoms with E-state index in [2.05, 4.69) is 15.9 Å². The molecule has 2 aliphatic heterocycles. The summed E-state index contributed by atoms with van der Waals surface area (Å²) in [6.45, 7) is 0.668. The Morgan fingerprint density at radius 2 is 1.96 bits per heavy atom. The number of hydrogen-bond donors (Lipinski definition) is 2. The van der Waals surface area contributed by atoms with Gasteiger partial charge in [-0.2, -0.15) is 0 Å². The zero-order chi connectivity index (χ0) is 17.4. The largest absolute Gasteiger partial charge is 0.480 e. The number of carboxylic acid groups (broad SMARTS) is 2. The monoisotopic (exact) mass is 398 g/mol. The van der Waals surface area contributed by atoms with Gasteiger partial charge in [0.15, 0.2) is 0 Å². The second-order valence-electron chi connectivity index (χ2n) is 5.76. The van der Waals surface area contributed by atoms with Crippen molar-refractivity contribution in [1.82, 2.24) is 9.80 Å². The topological polar surface area (TPSA) is 107 Å². The van der Waals surface area contributed by atoms with Gasteiger partial charge < -0.3 is 14.9 Å². The van der Waals surface area contributed by atoms with Crippen molar-refractivity contribution < 1.29 is 29.3 Å². The predicted molar refractivity (Wildman–Crippen MR) is 84.4 cm³/mol. The fraction of sp³-hybridized carbons (Fsp3) is 0.400. The van der Waals surface area contributed by atoms with Crippen molar-refractivity contribution in [1.29, 1.82) is 0 Å². The molecule has 1 aromatic carbocycles. The average Bonchev–Trinajstić information content (AvgIpc) is 3.12. The van der Waals surface area contributed by atoms with Crippen LogP contribution in [0.3, 0.4) is 0 Å². The molecular formula is C15H15BrN2O6. The van der Waals surface area contributed by atoms with Crippen molar-refractivity contribution in [3.05, 3.63) is 33.8 Å². The second kappa shape index (κ2) is 6.31. The summed E-state index contributed by atoms with van der Waals surface area (Å²) >= 11 is 3.44. The van der Waals surface area contributed by atoms with Crippen molar-refractivity contribution >= 4 is 34.1 Å². The van der Waals surface area contributed by atoms with Crippen molar-refractivity contribution in [3.8, 4) is 0 Å². The lowest BCUT2D eigenvalue weighted by molar-refractivity contribution is -0.141. The Hall–Kier alpha value is -2.29. The number of aliphatic carboxylic acids is 1. The molecule has 1 fully saturated rings. The molecule has 0 saturated carbocycles. The third-order valence-corrected chi connectivity index (χ3v) is 4.99. The van der Waals surface area contributed by atoms with Crippen LogP contribution in [0.1, 0.15) is 17.5 Å². The first-order chi connectivity index (χ1) is 11.4. The predicted octanol–water partition coefficient (Wildman–Crippen LogP) is 2.11. The molecule has 2 heterocycles. The van der Waals surface area contributed by atoms with Gasteiger partial charge in [0, 0.05) is 17.4 Å². The van der Waals surface area contributed by atoms with Crippen LogP contribution in [0, 0.1) is 0 Å². The summed E-state index contributed by atoms with van der Waals surface area (Å²) in [5, 5.41) is 18.1. The molecular weight excluding hydrogens is 384 g/mol. The van der Waals surface area contributed by atoms with E-state index >= 15 is 0 Å². The molecule has 128 valence electrons. The van der Waals surface area contributed by atoms with E-state index < -0.39 is 30.3 Å². The Bertz CT molecular complexity index is 687. The van der Waals surface area contributed by atoms with E-state index in [-0.39, 0.29) is 13.0 Å². The molecule has 0 aromatic heterocycles. The number of fused-ring (bicyclic) bond motifs is 1. The number of carbonyl (C=O) groups excluding carboxylic acids is 1. The van der Waals surface area contributed by atoms with E-state index in [0.29, 0.717) is 13.1 Å². The van der Waals surface area contributed by atoms with E-state index in [1.54, 1.807) is 0 Å². The lowest BCUT2D eigenvalue weighted by Gasteiger charge is -2.19. The van der Waals surface area contributed by atoms with Gasteiger partial charge in [-0.3, -0.25) is 9.80 Å². The highest BCUT2D eigenvalue weighted by Crippen LogP contribution is 2.30. The fourth-order valence-corrected chi connectivity index (χ4v) is 3.59. The van der Waals surface area contributed by atoms with Gasteiger partial charge in [-0.05, 0) is 17.2 Å². The summed E-state index contributed by atoms with van der Waals surface area (Å²) in [5.74, 6) is -1.24. The summed E-state index contributed by atoms with van der Waals surface area (Å²) < 4.78 is 6.25. The quantitative estimate of drug-likeness (QED) is 0.789. The highest BCUT2D eigenvalue weighted by atomic mass is 79.9. The van der Waals surface area contributed by atoms with E-state index in [9.17, 15) is 14.4 Å². The highest BCUT2D eigenvalue weighted by Gasteiger charge is 2.42. The highest BCUT2D eigenvalue weighted by molar-refractivity contribution is 9.10. The summed E-state index contributed by atoms with van der Waals surface area (Å²) in [6, 6.07) is 4.52. The van der Waals surface area contributed by atoms with E-state index in [0.717, 1.165) is 20.5 Å². The number of hydrogen-bond acceptors (Lipinski definition) is 4. The molecule has 2 aliphatic rings. The minimum Gasteiger partial charge on any atom is -0.480 e. The molecule has 1 saturated heterocycles. The van der Waals surface area contributed by atoms with Crippen LogP contribution in [0.2, 0.25) is 0 Å². The first-order valence-electron chi connectivity index (χ1n) is 7.31. The van der Waals surface area contributed by atoms with Gasteiger partial charge in [-0.25, -0.2) is 14.4 Å². The Labute approximate surface area is 145 Å². The van der Waals surface area contributed by atoms with E-state index in [1.807, 2.05) is 18.2 Å². The van der Waals surface area contributed by atoms with Crippen LogP contribution in [-0.2, 0) is 22.6 Å². The number of carboxylic acids is 1. The second-order valence-corrected chi connectivity index (χ2v) is 6.62. The van der Waals surface area contributed by atoms with Gasteiger partial charge in [0.05, 0.1) is 13.1 Å². The van der Waals surface area contributed by atoms with Crippen molar-refractivity contribution in [2.24, 2.45) is 0 Å². The molecule has 2 amide bonds. The van der Waals surface area contributed by atoms with E-state index in [4.69, 9.17) is 14.9 Å². The minimum absolute atomic E-state index is 0.0438. The number of ether oxygens (including phenoxy) is 1. The summed E-state index contributed by atoms with van der Waals surface area (Å²) in [5.41, 5.74) is 2.03. The summed E-state index contributed by atoms with van der Waals surface area (Å²) in [6.07, 6.45) is -2.71. The number of benzene rings is 1. The maximum absolute atomic E-state index is 12.3. The molecule has 8 nitrogen and oxygen atoms in total. The number of nitrogens with zero attached hydrogens (tertiary/aromatic N) is 2. The van der Waals surface area contributed by atoms with Crippen LogP contribution in [0.15, 0.2) is 22.7 Å². The zero-order valence-electron chi connectivity index (χ0n) is 12.5. The number of amides is 2.